The van der Waals surface area contributed by atoms with Gasteiger partial charge >= 0.3 is 0 Å². The molecule has 0 radical (unpaired) electrons. The molecule has 0 amide bonds. The van der Waals surface area contributed by atoms with E-state index in [-0.39, 0.29) is 0 Å². The maximum Gasteiger partial charge on any atom is 0.136 e. The molecule has 0 atom stereocenters. The van der Waals surface area contributed by atoms with E-state index in [4.69, 9.17) is 8.83 Å². The molecule has 0 N–H and O–H groups in total. The minimum absolute atomic E-state index is 0.905. The minimum Gasteiger partial charge on any atom is -0.456 e. The van der Waals surface area contributed by atoms with Gasteiger partial charge in [0.1, 0.15) is 22.3 Å². The predicted molar refractivity (Wildman–Crippen MR) is 202 cm³/mol. The Morgan fingerprint density at radius 3 is 0.979 bits per heavy atom. The molecule has 0 spiro atoms. The van der Waals surface area contributed by atoms with Crippen LogP contribution in [0.3, 0.4) is 0 Å². The summed E-state index contributed by atoms with van der Waals surface area (Å²) in [5.41, 5.74) is 8.49. The van der Waals surface area contributed by atoms with Crippen LogP contribution in [0.25, 0.3) is 109 Å². The van der Waals surface area contributed by atoms with E-state index in [2.05, 4.69) is 158 Å². The molecule has 0 fully saturated rings. The summed E-state index contributed by atoms with van der Waals surface area (Å²) < 4.78 is 12.8. The van der Waals surface area contributed by atoms with Crippen LogP contribution in [0.5, 0.6) is 0 Å². The van der Waals surface area contributed by atoms with Gasteiger partial charge in [0.05, 0.1) is 0 Å². The van der Waals surface area contributed by atoms with Gasteiger partial charge in [0.25, 0.3) is 0 Å². The summed E-state index contributed by atoms with van der Waals surface area (Å²) >= 11 is 0. The number of benzene rings is 9. The molecule has 0 aliphatic carbocycles. The molecule has 0 unspecified atom stereocenters. The van der Waals surface area contributed by atoms with Crippen molar-refractivity contribution in [3.63, 3.8) is 0 Å². The molecule has 0 saturated heterocycles. The van der Waals surface area contributed by atoms with E-state index in [1.807, 2.05) is 0 Å². The fourth-order valence-corrected chi connectivity index (χ4v) is 7.99. The van der Waals surface area contributed by atoms with Crippen molar-refractivity contribution in [3.05, 3.63) is 158 Å². The fourth-order valence-electron chi connectivity index (χ4n) is 7.99. The number of furan rings is 2. The molecule has 48 heavy (non-hydrogen) atoms. The molecular formula is C46H26O2. The van der Waals surface area contributed by atoms with Crippen molar-refractivity contribution in [2.75, 3.05) is 0 Å². The lowest BCUT2D eigenvalue weighted by Crippen LogP contribution is -1.90. The van der Waals surface area contributed by atoms with Gasteiger partial charge in [-0.25, -0.2) is 0 Å². The molecule has 2 nitrogen and oxygen atoms in total. The standard InChI is InChI=1S/C46H26O2/c1-3-11-29-25-43-39(21-27(29)9-1)37-23-31(17-19-41(37)47-43)45-33-13-5-7-15-35(33)46(36-16-8-6-14-34(36)45)32-18-20-42-38(24-32)40-22-28-10-2-4-12-30(28)26-44(40)48-42/h1-26H. The van der Waals surface area contributed by atoms with Crippen LogP contribution >= 0.6 is 0 Å². The Hall–Kier alpha value is -6.38. The Bertz CT molecular complexity index is 2850. The second-order valence-corrected chi connectivity index (χ2v) is 12.9. The van der Waals surface area contributed by atoms with Crippen molar-refractivity contribution < 1.29 is 8.83 Å². The maximum atomic E-state index is 6.38. The van der Waals surface area contributed by atoms with Gasteiger partial charge in [-0.1, -0.05) is 109 Å². The largest absolute Gasteiger partial charge is 0.456 e. The van der Waals surface area contributed by atoms with Crippen molar-refractivity contribution in [1.82, 2.24) is 0 Å². The second kappa shape index (κ2) is 9.57. The van der Waals surface area contributed by atoms with Crippen LogP contribution < -0.4 is 0 Å². The average Bonchev–Trinajstić information content (AvgIpc) is 3.68. The van der Waals surface area contributed by atoms with Crippen LogP contribution in [0.15, 0.2) is 167 Å². The van der Waals surface area contributed by atoms with Crippen LogP contribution in [0.2, 0.25) is 0 Å². The summed E-state index contributed by atoms with van der Waals surface area (Å²) in [6.45, 7) is 0. The fraction of sp³-hybridized carbons (Fsp3) is 0. The molecule has 0 bridgehead atoms. The normalized spacial score (nSPS) is 12.2. The zero-order chi connectivity index (χ0) is 31.3. The number of rotatable bonds is 2. The molecule has 2 aromatic heterocycles. The smallest absolute Gasteiger partial charge is 0.136 e. The van der Waals surface area contributed by atoms with Gasteiger partial charge in [-0.2, -0.15) is 0 Å². The molecule has 0 aliphatic rings. The molecule has 9 aromatic carbocycles. The summed E-state index contributed by atoms with van der Waals surface area (Å²) in [5, 5.41) is 14.3. The highest BCUT2D eigenvalue weighted by Crippen LogP contribution is 2.46. The number of fused-ring (bicyclic) bond motifs is 10. The Kier molecular flexibility index (Phi) is 5.14. The first kappa shape index (κ1) is 25.8. The SMILES string of the molecule is c1ccc2cc3c(cc2c1)oc1ccc(-c2c4ccccc4c(-c4ccc5oc6cc7ccccc7cc6c5c4)c4ccccc24)cc13. The molecule has 2 heterocycles. The van der Waals surface area contributed by atoms with Crippen LogP contribution in [0.4, 0.5) is 0 Å². The monoisotopic (exact) mass is 610 g/mol. The van der Waals surface area contributed by atoms with E-state index in [0.717, 1.165) is 43.9 Å². The Labute approximate surface area is 275 Å². The van der Waals surface area contributed by atoms with Gasteiger partial charge in [0, 0.05) is 21.5 Å². The lowest BCUT2D eigenvalue weighted by atomic mass is 9.85. The topological polar surface area (TPSA) is 26.3 Å². The van der Waals surface area contributed by atoms with E-state index < -0.39 is 0 Å². The number of hydrogen-bond donors (Lipinski definition) is 0. The first-order valence-electron chi connectivity index (χ1n) is 16.4. The van der Waals surface area contributed by atoms with Gasteiger partial charge < -0.3 is 8.83 Å². The van der Waals surface area contributed by atoms with E-state index in [0.29, 0.717) is 0 Å². The van der Waals surface area contributed by atoms with Crippen molar-refractivity contribution in [3.8, 4) is 22.3 Å². The molecule has 11 aromatic rings. The van der Waals surface area contributed by atoms with Crippen molar-refractivity contribution in [2.24, 2.45) is 0 Å². The van der Waals surface area contributed by atoms with Gasteiger partial charge in [0.15, 0.2) is 0 Å². The van der Waals surface area contributed by atoms with Gasteiger partial charge in [0.2, 0.25) is 0 Å². The Balaban J connectivity index is 1.18. The second-order valence-electron chi connectivity index (χ2n) is 12.9. The Morgan fingerprint density at radius 1 is 0.250 bits per heavy atom. The predicted octanol–water partition coefficient (Wildman–Crippen LogP) is 13.4. The van der Waals surface area contributed by atoms with E-state index in [1.54, 1.807) is 0 Å². The van der Waals surface area contributed by atoms with E-state index in [9.17, 15) is 0 Å². The van der Waals surface area contributed by atoms with Crippen molar-refractivity contribution >= 4 is 87.0 Å². The zero-order valence-corrected chi connectivity index (χ0v) is 25.8. The van der Waals surface area contributed by atoms with Crippen molar-refractivity contribution in [2.45, 2.75) is 0 Å². The third-order valence-corrected chi connectivity index (χ3v) is 10.2. The summed E-state index contributed by atoms with van der Waals surface area (Å²) in [6.07, 6.45) is 0. The highest BCUT2D eigenvalue weighted by molar-refractivity contribution is 6.23. The summed E-state index contributed by atoms with van der Waals surface area (Å²) in [4.78, 5) is 0. The van der Waals surface area contributed by atoms with Crippen LogP contribution in [0.1, 0.15) is 0 Å². The summed E-state index contributed by atoms with van der Waals surface area (Å²) in [7, 11) is 0. The Morgan fingerprint density at radius 2 is 0.583 bits per heavy atom. The van der Waals surface area contributed by atoms with E-state index in [1.165, 1.54) is 65.3 Å². The van der Waals surface area contributed by atoms with Crippen LogP contribution in [-0.2, 0) is 0 Å². The lowest BCUT2D eigenvalue weighted by molar-refractivity contribution is 0.669. The first-order valence-corrected chi connectivity index (χ1v) is 16.4. The molecule has 222 valence electrons. The van der Waals surface area contributed by atoms with Crippen LogP contribution in [-0.4, -0.2) is 0 Å². The minimum atomic E-state index is 0.905. The molecule has 11 rings (SSSR count). The van der Waals surface area contributed by atoms with Gasteiger partial charge in [-0.3, -0.25) is 0 Å². The third kappa shape index (κ3) is 3.63. The summed E-state index contributed by atoms with van der Waals surface area (Å²) in [5.74, 6) is 0. The molecule has 0 aliphatic heterocycles. The summed E-state index contributed by atoms with van der Waals surface area (Å²) in [6, 6.07) is 56.8. The van der Waals surface area contributed by atoms with Gasteiger partial charge in [-0.15, -0.1) is 0 Å². The number of hydrogen-bond acceptors (Lipinski definition) is 2. The van der Waals surface area contributed by atoms with Crippen molar-refractivity contribution in [1.29, 1.82) is 0 Å². The quantitative estimate of drug-likeness (QED) is 0.182. The van der Waals surface area contributed by atoms with E-state index >= 15 is 0 Å². The van der Waals surface area contributed by atoms with Gasteiger partial charge in [-0.05, 0) is 114 Å². The third-order valence-electron chi connectivity index (χ3n) is 10.2. The highest BCUT2D eigenvalue weighted by atomic mass is 16.3. The average molecular weight is 611 g/mol. The molecule has 0 saturated carbocycles. The highest BCUT2D eigenvalue weighted by Gasteiger charge is 2.19. The zero-order valence-electron chi connectivity index (χ0n) is 25.8. The first-order chi connectivity index (χ1) is 23.8. The maximum absolute atomic E-state index is 6.38. The van der Waals surface area contributed by atoms with Crippen LogP contribution in [0, 0.1) is 0 Å². The molecular weight excluding hydrogens is 585 g/mol. The lowest BCUT2D eigenvalue weighted by Gasteiger charge is -2.18. The molecule has 2 heteroatoms.